The normalized spacial score (nSPS) is 17.6. The highest BCUT2D eigenvalue weighted by Crippen LogP contribution is 2.42. The summed E-state index contributed by atoms with van der Waals surface area (Å²) >= 11 is 1.68. The molecule has 1 aromatic heterocycles. The molecule has 0 atom stereocenters. The summed E-state index contributed by atoms with van der Waals surface area (Å²) in [5, 5.41) is 7.21. The van der Waals surface area contributed by atoms with Crippen molar-refractivity contribution in [1.82, 2.24) is 15.5 Å². The predicted molar refractivity (Wildman–Crippen MR) is 204 cm³/mol. The standard InChI is InChI=1S/C42H51N3O5S/c46-41(43-32-10-4-1-5-11-32)49-35-20-16-31(17-21-35)40-38(28-30-14-18-34(19-15-30)48-27-26-45-24-8-3-9-25-45)37-23-22-36(29-39(37)51-40)50-42(47)44-33-12-6-2-7-13-33/h14-23,29,32-33H,1-13,24-28H2,(H,43,46)(H,44,47). The Morgan fingerprint density at radius 3 is 1.88 bits per heavy atom. The molecule has 0 bridgehead atoms. The molecule has 4 aromatic rings. The summed E-state index contributed by atoms with van der Waals surface area (Å²) in [5.74, 6) is 1.95. The quantitative estimate of drug-likeness (QED) is 0.161. The Balaban J connectivity index is 1.07. The van der Waals surface area contributed by atoms with Gasteiger partial charge in [-0.2, -0.15) is 0 Å². The van der Waals surface area contributed by atoms with Gasteiger partial charge in [0.2, 0.25) is 0 Å². The van der Waals surface area contributed by atoms with Gasteiger partial charge in [-0.3, -0.25) is 4.90 Å². The van der Waals surface area contributed by atoms with Crippen molar-refractivity contribution in [1.29, 1.82) is 0 Å². The van der Waals surface area contributed by atoms with Crippen LogP contribution in [0.1, 0.15) is 94.6 Å². The maximum Gasteiger partial charge on any atom is 0.412 e. The zero-order valence-electron chi connectivity index (χ0n) is 29.6. The second-order valence-corrected chi connectivity index (χ2v) is 15.5. The van der Waals surface area contributed by atoms with Crippen LogP contribution in [0.4, 0.5) is 9.59 Å². The van der Waals surface area contributed by atoms with Crippen molar-refractivity contribution in [3.8, 4) is 27.7 Å². The number of likely N-dealkylation sites (tertiary alicyclic amines) is 1. The second-order valence-electron chi connectivity index (χ2n) is 14.4. The Morgan fingerprint density at radius 1 is 0.667 bits per heavy atom. The van der Waals surface area contributed by atoms with Crippen molar-refractivity contribution in [2.75, 3.05) is 26.2 Å². The fraction of sp³-hybridized carbons (Fsp3) is 0.476. The summed E-state index contributed by atoms with van der Waals surface area (Å²) in [6.45, 7) is 4.01. The van der Waals surface area contributed by atoms with Crippen LogP contribution in [0.5, 0.6) is 17.2 Å². The first kappa shape index (κ1) is 35.3. The lowest BCUT2D eigenvalue weighted by atomic mass is 9.96. The van der Waals surface area contributed by atoms with Crippen LogP contribution in [-0.2, 0) is 6.42 Å². The molecule has 2 amide bonds. The van der Waals surface area contributed by atoms with Gasteiger partial charge in [0, 0.05) is 28.2 Å². The molecule has 9 heteroatoms. The van der Waals surface area contributed by atoms with Crippen LogP contribution >= 0.6 is 11.3 Å². The molecule has 8 nitrogen and oxygen atoms in total. The van der Waals surface area contributed by atoms with Crippen LogP contribution in [0.15, 0.2) is 66.7 Å². The summed E-state index contributed by atoms with van der Waals surface area (Å²) in [4.78, 5) is 29.0. The molecule has 3 fully saturated rings. The lowest BCUT2D eigenvalue weighted by Crippen LogP contribution is -2.37. The third-order valence-corrected chi connectivity index (χ3v) is 11.8. The van der Waals surface area contributed by atoms with Crippen molar-refractivity contribution < 1.29 is 23.8 Å². The van der Waals surface area contributed by atoms with Crippen molar-refractivity contribution in [3.63, 3.8) is 0 Å². The van der Waals surface area contributed by atoms with E-state index in [1.54, 1.807) is 11.3 Å². The smallest absolute Gasteiger partial charge is 0.412 e. The second kappa shape index (κ2) is 17.4. The Labute approximate surface area is 305 Å². The lowest BCUT2D eigenvalue weighted by molar-refractivity contribution is 0.183. The molecular formula is C42H51N3O5S. The molecule has 0 radical (unpaired) electrons. The summed E-state index contributed by atoms with van der Waals surface area (Å²) < 4.78 is 18.6. The maximum absolute atomic E-state index is 12.8. The molecule has 270 valence electrons. The predicted octanol–water partition coefficient (Wildman–Crippen LogP) is 9.87. The van der Waals surface area contributed by atoms with E-state index in [-0.39, 0.29) is 18.2 Å². The van der Waals surface area contributed by atoms with Gasteiger partial charge in [-0.25, -0.2) is 9.59 Å². The SMILES string of the molecule is O=C(NC1CCCCC1)Oc1ccc(-c2sc3cc(OC(=O)NC4CCCCC4)ccc3c2Cc2ccc(OCCN3CCCCC3)cc2)cc1. The van der Waals surface area contributed by atoms with Crippen LogP contribution in [-0.4, -0.2) is 55.4 Å². The van der Waals surface area contributed by atoms with Crippen molar-refractivity contribution >= 4 is 33.6 Å². The number of hydrogen-bond acceptors (Lipinski definition) is 7. The van der Waals surface area contributed by atoms with Gasteiger partial charge < -0.3 is 24.8 Å². The molecule has 0 unspecified atom stereocenters. The molecular weight excluding hydrogens is 659 g/mol. The fourth-order valence-electron chi connectivity index (χ4n) is 7.76. The van der Waals surface area contributed by atoms with Gasteiger partial charge in [-0.05, 0) is 135 Å². The molecule has 0 spiro atoms. The van der Waals surface area contributed by atoms with Crippen LogP contribution < -0.4 is 24.8 Å². The van der Waals surface area contributed by atoms with Crippen molar-refractivity contribution in [2.45, 2.75) is 102 Å². The van der Waals surface area contributed by atoms with Crippen molar-refractivity contribution in [3.05, 3.63) is 77.9 Å². The first-order valence-corrected chi connectivity index (χ1v) is 19.9. The van der Waals surface area contributed by atoms with Gasteiger partial charge >= 0.3 is 12.2 Å². The number of ether oxygens (including phenoxy) is 3. The number of carbonyl (C=O) groups is 2. The molecule has 2 heterocycles. The molecule has 2 aliphatic carbocycles. The number of carbonyl (C=O) groups excluding carboxylic acids is 2. The van der Waals surface area contributed by atoms with E-state index in [2.05, 4.69) is 45.9 Å². The van der Waals surface area contributed by atoms with E-state index in [0.29, 0.717) is 18.1 Å². The highest BCUT2D eigenvalue weighted by atomic mass is 32.1. The number of nitrogens with zero attached hydrogens (tertiary/aromatic N) is 1. The minimum absolute atomic E-state index is 0.187. The Kier molecular flexibility index (Phi) is 12.1. The van der Waals surface area contributed by atoms with E-state index in [9.17, 15) is 9.59 Å². The van der Waals surface area contributed by atoms with Crippen LogP contribution in [0.3, 0.4) is 0 Å². The van der Waals surface area contributed by atoms with Gasteiger partial charge in [0.05, 0.1) is 0 Å². The van der Waals surface area contributed by atoms with Gasteiger partial charge in [0.25, 0.3) is 0 Å². The minimum atomic E-state index is -0.392. The number of hydrogen-bond donors (Lipinski definition) is 2. The van der Waals surface area contributed by atoms with E-state index in [0.717, 1.165) is 90.6 Å². The molecule has 3 aliphatic rings. The fourth-order valence-corrected chi connectivity index (χ4v) is 9.02. The summed E-state index contributed by atoms with van der Waals surface area (Å²) in [6, 6.07) is 22.5. The number of fused-ring (bicyclic) bond motifs is 1. The van der Waals surface area contributed by atoms with Crippen LogP contribution in [0.25, 0.3) is 20.5 Å². The van der Waals surface area contributed by atoms with E-state index in [1.165, 1.54) is 56.3 Å². The van der Waals surface area contributed by atoms with E-state index < -0.39 is 6.09 Å². The summed E-state index contributed by atoms with van der Waals surface area (Å²) in [6.07, 6.45) is 14.9. The summed E-state index contributed by atoms with van der Waals surface area (Å²) in [7, 11) is 0. The Bertz CT molecular complexity index is 1740. The first-order chi connectivity index (χ1) is 25.1. The topological polar surface area (TPSA) is 89.1 Å². The number of nitrogens with one attached hydrogen (secondary N) is 2. The first-order valence-electron chi connectivity index (χ1n) is 19.1. The van der Waals surface area contributed by atoms with E-state index in [1.807, 2.05) is 36.4 Å². The highest BCUT2D eigenvalue weighted by molar-refractivity contribution is 7.22. The van der Waals surface area contributed by atoms with Crippen LogP contribution in [0.2, 0.25) is 0 Å². The number of amides is 2. The number of piperidine rings is 1. The molecule has 2 N–H and O–H groups in total. The van der Waals surface area contributed by atoms with Gasteiger partial charge in [0.1, 0.15) is 23.9 Å². The Hall–Kier alpha value is -4.08. The third-order valence-electron chi connectivity index (χ3n) is 10.6. The largest absolute Gasteiger partial charge is 0.492 e. The molecule has 3 aromatic carbocycles. The van der Waals surface area contributed by atoms with E-state index in [4.69, 9.17) is 14.2 Å². The van der Waals surface area contributed by atoms with Gasteiger partial charge in [0.15, 0.2) is 0 Å². The highest BCUT2D eigenvalue weighted by Gasteiger charge is 2.20. The lowest BCUT2D eigenvalue weighted by Gasteiger charge is -2.26. The number of rotatable bonds is 11. The zero-order chi connectivity index (χ0) is 34.8. The monoisotopic (exact) mass is 709 g/mol. The molecule has 1 saturated heterocycles. The van der Waals surface area contributed by atoms with Gasteiger partial charge in [-0.15, -0.1) is 11.3 Å². The zero-order valence-corrected chi connectivity index (χ0v) is 30.4. The minimum Gasteiger partial charge on any atom is -0.492 e. The molecule has 2 saturated carbocycles. The van der Waals surface area contributed by atoms with E-state index >= 15 is 0 Å². The molecule has 7 rings (SSSR count). The average Bonchev–Trinajstić information content (AvgIpc) is 3.51. The number of benzene rings is 3. The van der Waals surface area contributed by atoms with Gasteiger partial charge in [-0.1, -0.05) is 57.1 Å². The summed E-state index contributed by atoms with van der Waals surface area (Å²) in [5.41, 5.74) is 3.43. The maximum atomic E-state index is 12.8. The molecule has 51 heavy (non-hydrogen) atoms. The van der Waals surface area contributed by atoms with Crippen LogP contribution in [0, 0.1) is 0 Å². The van der Waals surface area contributed by atoms with Crippen molar-refractivity contribution in [2.24, 2.45) is 0 Å². The Morgan fingerprint density at radius 2 is 1.24 bits per heavy atom. The average molecular weight is 710 g/mol. The molecule has 1 aliphatic heterocycles. The third kappa shape index (κ3) is 9.83. The number of thiophene rings is 1.